The fourth-order valence-electron chi connectivity index (χ4n) is 2.94. The van der Waals surface area contributed by atoms with Gasteiger partial charge in [0.25, 0.3) is 0 Å². The second kappa shape index (κ2) is 6.79. The second-order valence-electron chi connectivity index (χ2n) is 5.69. The summed E-state index contributed by atoms with van der Waals surface area (Å²) >= 11 is 0. The molecule has 1 amide bonds. The molecule has 4 nitrogen and oxygen atoms in total. The number of amides is 1. The lowest BCUT2D eigenvalue weighted by Crippen LogP contribution is -2.36. The Morgan fingerprint density at radius 3 is 2.74 bits per heavy atom. The van der Waals surface area contributed by atoms with Crippen molar-refractivity contribution in [2.45, 2.75) is 25.1 Å². The highest BCUT2D eigenvalue weighted by atomic mass is 19.1. The van der Waals surface area contributed by atoms with E-state index >= 15 is 0 Å². The maximum absolute atomic E-state index is 13.5. The highest BCUT2D eigenvalue weighted by Gasteiger charge is 2.37. The number of benzene rings is 2. The Morgan fingerprint density at radius 1 is 1.22 bits per heavy atom. The highest BCUT2D eigenvalue weighted by molar-refractivity contribution is 5.69. The van der Waals surface area contributed by atoms with Gasteiger partial charge in [-0.15, -0.1) is 0 Å². The number of ether oxygens (including phenoxy) is 1. The predicted octanol–water partition coefficient (Wildman–Crippen LogP) is 3.24. The smallest absolute Gasteiger partial charge is 0.410 e. The van der Waals surface area contributed by atoms with Crippen LogP contribution in [0.3, 0.4) is 0 Å². The monoisotopic (exact) mass is 314 g/mol. The Bertz CT molecular complexity index is 678. The van der Waals surface area contributed by atoms with E-state index in [2.05, 4.69) is 0 Å². The Balaban J connectivity index is 1.71. The Hall–Kier alpha value is -2.40. The first-order chi connectivity index (χ1) is 11.1. The minimum Gasteiger partial charge on any atom is -0.445 e. The van der Waals surface area contributed by atoms with Gasteiger partial charge in [-0.3, -0.25) is 4.90 Å². The van der Waals surface area contributed by atoms with Crippen molar-refractivity contribution in [1.29, 1.82) is 0 Å². The number of carbonyl (C=O) groups is 1. The maximum Gasteiger partial charge on any atom is 0.410 e. The lowest BCUT2D eigenvalue weighted by Gasteiger charge is -2.26. The molecule has 1 aliphatic rings. The SMILES string of the molecule is NC1CCN(C(=O)OCc2ccccc2)C1c1cccc(F)c1. The number of likely N-dealkylation sites (tertiary alicyclic amines) is 1. The van der Waals surface area contributed by atoms with Crippen LogP contribution in [0.2, 0.25) is 0 Å². The number of rotatable bonds is 3. The third-order valence-electron chi connectivity index (χ3n) is 4.07. The maximum atomic E-state index is 13.5. The van der Waals surface area contributed by atoms with Crippen LogP contribution in [0.4, 0.5) is 9.18 Å². The van der Waals surface area contributed by atoms with Crippen LogP contribution in [-0.2, 0) is 11.3 Å². The average Bonchev–Trinajstić information content (AvgIpc) is 2.95. The molecule has 1 fully saturated rings. The van der Waals surface area contributed by atoms with E-state index in [-0.39, 0.29) is 24.5 Å². The summed E-state index contributed by atoms with van der Waals surface area (Å²) in [7, 11) is 0. The van der Waals surface area contributed by atoms with Crippen LogP contribution in [0.1, 0.15) is 23.6 Å². The van der Waals surface area contributed by atoms with Crippen LogP contribution in [-0.4, -0.2) is 23.6 Å². The number of halogens is 1. The molecule has 0 bridgehead atoms. The van der Waals surface area contributed by atoms with E-state index in [4.69, 9.17) is 10.5 Å². The van der Waals surface area contributed by atoms with Gasteiger partial charge in [-0.05, 0) is 29.7 Å². The topological polar surface area (TPSA) is 55.6 Å². The van der Waals surface area contributed by atoms with Crippen LogP contribution in [0.25, 0.3) is 0 Å². The normalized spacial score (nSPS) is 20.5. The van der Waals surface area contributed by atoms with Crippen LogP contribution >= 0.6 is 0 Å². The lowest BCUT2D eigenvalue weighted by molar-refractivity contribution is 0.0908. The summed E-state index contributed by atoms with van der Waals surface area (Å²) in [6, 6.07) is 15.1. The molecule has 2 aromatic rings. The fraction of sp³-hybridized carbons (Fsp3) is 0.278. The average molecular weight is 314 g/mol. The van der Waals surface area contributed by atoms with Crippen molar-refractivity contribution in [3.63, 3.8) is 0 Å². The molecule has 0 aromatic heterocycles. The minimum atomic E-state index is -0.420. The van der Waals surface area contributed by atoms with Gasteiger partial charge in [0, 0.05) is 12.6 Å². The number of carbonyl (C=O) groups excluding carboxylic acids is 1. The Morgan fingerprint density at radius 2 is 2.00 bits per heavy atom. The third-order valence-corrected chi connectivity index (χ3v) is 4.07. The zero-order valence-electron chi connectivity index (χ0n) is 12.7. The molecule has 1 aliphatic heterocycles. The van der Waals surface area contributed by atoms with E-state index in [1.807, 2.05) is 30.3 Å². The Labute approximate surface area is 134 Å². The molecule has 0 spiro atoms. The van der Waals surface area contributed by atoms with E-state index in [1.54, 1.807) is 17.0 Å². The first-order valence-corrected chi connectivity index (χ1v) is 7.63. The minimum absolute atomic E-state index is 0.210. The summed E-state index contributed by atoms with van der Waals surface area (Å²) in [5, 5.41) is 0. The van der Waals surface area contributed by atoms with Gasteiger partial charge in [-0.1, -0.05) is 42.5 Å². The van der Waals surface area contributed by atoms with E-state index < -0.39 is 6.09 Å². The zero-order chi connectivity index (χ0) is 16.2. The molecule has 2 aromatic carbocycles. The first-order valence-electron chi connectivity index (χ1n) is 7.63. The summed E-state index contributed by atoms with van der Waals surface area (Å²) in [6.07, 6.45) is 0.248. The van der Waals surface area contributed by atoms with Crippen molar-refractivity contribution in [3.05, 3.63) is 71.5 Å². The number of nitrogens with two attached hydrogens (primary N) is 1. The van der Waals surface area contributed by atoms with E-state index in [0.29, 0.717) is 18.5 Å². The summed E-state index contributed by atoms with van der Waals surface area (Å²) in [5.74, 6) is -0.334. The first kappa shape index (κ1) is 15.5. The molecular weight excluding hydrogens is 295 g/mol. The van der Waals surface area contributed by atoms with Gasteiger partial charge < -0.3 is 10.5 Å². The summed E-state index contributed by atoms with van der Waals surface area (Å²) in [5.41, 5.74) is 7.75. The second-order valence-corrected chi connectivity index (χ2v) is 5.69. The van der Waals surface area contributed by atoms with Crippen LogP contribution < -0.4 is 5.73 Å². The highest BCUT2D eigenvalue weighted by Crippen LogP contribution is 2.32. The predicted molar refractivity (Wildman–Crippen MR) is 85.1 cm³/mol. The molecule has 2 unspecified atom stereocenters. The fourth-order valence-corrected chi connectivity index (χ4v) is 2.94. The molecule has 2 atom stereocenters. The molecule has 0 saturated carbocycles. The summed E-state index contributed by atoms with van der Waals surface area (Å²) in [6.45, 7) is 0.719. The molecule has 0 aliphatic carbocycles. The molecule has 5 heteroatoms. The van der Waals surface area contributed by atoms with Gasteiger partial charge in [0.1, 0.15) is 12.4 Å². The van der Waals surface area contributed by atoms with Crippen molar-refractivity contribution < 1.29 is 13.9 Å². The number of hydrogen-bond donors (Lipinski definition) is 1. The summed E-state index contributed by atoms with van der Waals surface area (Å²) in [4.78, 5) is 14.0. The molecule has 2 N–H and O–H groups in total. The number of nitrogens with zero attached hydrogens (tertiary/aromatic N) is 1. The summed E-state index contributed by atoms with van der Waals surface area (Å²) < 4.78 is 18.8. The number of hydrogen-bond acceptors (Lipinski definition) is 3. The van der Waals surface area contributed by atoms with E-state index in [0.717, 1.165) is 5.56 Å². The molecule has 23 heavy (non-hydrogen) atoms. The largest absolute Gasteiger partial charge is 0.445 e. The van der Waals surface area contributed by atoms with Crippen molar-refractivity contribution in [2.24, 2.45) is 5.73 Å². The van der Waals surface area contributed by atoms with Gasteiger partial charge >= 0.3 is 6.09 Å². The molecule has 3 rings (SSSR count). The van der Waals surface area contributed by atoms with Gasteiger partial charge in [0.2, 0.25) is 0 Å². The molecule has 1 saturated heterocycles. The van der Waals surface area contributed by atoms with Crippen LogP contribution in [0.15, 0.2) is 54.6 Å². The van der Waals surface area contributed by atoms with Crippen LogP contribution in [0, 0.1) is 5.82 Å². The van der Waals surface area contributed by atoms with Crippen LogP contribution in [0.5, 0.6) is 0 Å². The van der Waals surface area contributed by atoms with Crippen molar-refractivity contribution in [3.8, 4) is 0 Å². The van der Waals surface area contributed by atoms with Crippen molar-refractivity contribution >= 4 is 6.09 Å². The Kier molecular flexibility index (Phi) is 4.57. The quantitative estimate of drug-likeness (QED) is 0.946. The van der Waals surface area contributed by atoms with E-state index in [9.17, 15) is 9.18 Å². The molecular formula is C18H19FN2O2. The molecule has 0 radical (unpaired) electrons. The zero-order valence-corrected chi connectivity index (χ0v) is 12.7. The third kappa shape index (κ3) is 3.51. The van der Waals surface area contributed by atoms with Gasteiger partial charge in [-0.2, -0.15) is 0 Å². The van der Waals surface area contributed by atoms with E-state index in [1.165, 1.54) is 12.1 Å². The molecule has 1 heterocycles. The van der Waals surface area contributed by atoms with Crippen molar-refractivity contribution in [2.75, 3.05) is 6.54 Å². The van der Waals surface area contributed by atoms with Gasteiger partial charge in [-0.25, -0.2) is 9.18 Å². The van der Waals surface area contributed by atoms with Gasteiger partial charge in [0.05, 0.1) is 6.04 Å². The molecule has 120 valence electrons. The van der Waals surface area contributed by atoms with Crippen molar-refractivity contribution in [1.82, 2.24) is 4.90 Å². The standard InChI is InChI=1S/C18H19FN2O2/c19-15-8-4-7-14(11-15)17-16(20)9-10-21(17)18(22)23-12-13-5-2-1-3-6-13/h1-8,11,16-17H,9-10,12,20H2. The van der Waals surface area contributed by atoms with Gasteiger partial charge in [0.15, 0.2) is 0 Å². The lowest BCUT2D eigenvalue weighted by atomic mass is 10.0.